The summed E-state index contributed by atoms with van der Waals surface area (Å²) in [7, 11) is 3.56. The number of benzene rings is 1. The lowest BCUT2D eigenvalue weighted by Gasteiger charge is -2.38. The topological polar surface area (TPSA) is 51.2 Å². The van der Waals surface area contributed by atoms with E-state index in [-0.39, 0.29) is 5.91 Å². The first-order valence-corrected chi connectivity index (χ1v) is 9.48. The minimum atomic E-state index is 0.115. The summed E-state index contributed by atoms with van der Waals surface area (Å²) in [5.74, 6) is 1.03. The molecule has 0 atom stereocenters. The van der Waals surface area contributed by atoms with E-state index in [1.54, 1.807) is 19.0 Å². The number of aliphatic imine (C=N–C) groups is 1. The van der Waals surface area contributed by atoms with Crippen LogP contribution in [0.2, 0.25) is 0 Å². The first kappa shape index (κ1) is 20.1. The summed E-state index contributed by atoms with van der Waals surface area (Å²) in [4.78, 5) is 22.8. The molecule has 0 aliphatic carbocycles. The number of piperazine rings is 1. The zero-order valence-electron chi connectivity index (χ0n) is 16.9. The quantitative estimate of drug-likeness (QED) is 0.644. The van der Waals surface area contributed by atoms with Crippen molar-refractivity contribution in [3.8, 4) is 0 Å². The molecule has 1 aromatic carbocycles. The van der Waals surface area contributed by atoms with Gasteiger partial charge in [0.1, 0.15) is 0 Å². The van der Waals surface area contributed by atoms with Gasteiger partial charge in [-0.3, -0.25) is 9.79 Å². The average Bonchev–Trinajstić information content (AvgIpc) is 2.63. The van der Waals surface area contributed by atoms with E-state index in [0.29, 0.717) is 13.0 Å². The second-order valence-corrected chi connectivity index (χ2v) is 6.97. The molecule has 26 heavy (non-hydrogen) atoms. The van der Waals surface area contributed by atoms with Crippen LogP contribution < -0.4 is 10.2 Å². The van der Waals surface area contributed by atoms with Crippen LogP contribution in [0.3, 0.4) is 0 Å². The van der Waals surface area contributed by atoms with Gasteiger partial charge in [-0.25, -0.2) is 0 Å². The fraction of sp³-hybridized carbons (Fsp3) is 0.600. The second-order valence-electron chi connectivity index (χ2n) is 6.97. The predicted octanol–water partition coefficient (Wildman–Crippen LogP) is 1.87. The molecule has 1 fully saturated rings. The van der Waals surface area contributed by atoms with Crippen LogP contribution in [0.15, 0.2) is 23.2 Å². The van der Waals surface area contributed by atoms with Crippen molar-refractivity contribution in [2.75, 3.05) is 58.3 Å². The zero-order chi connectivity index (χ0) is 19.1. The van der Waals surface area contributed by atoms with Crippen LogP contribution >= 0.6 is 0 Å². The molecule has 0 aromatic heterocycles. The molecule has 0 unspecified atom stereocenters. The Morgan fingerprint density at radius 3 is 2.50 bits per heavy atom. The summed E-state index contributed by atoms with van der Waals surface area (Å²) in [6.45, 7) is 11.6. The molecule has 1 amide bonds. The predicted molar refractivity (Wildman–Crippen MR) is 109 cm³/mol. The molecule has 0 bridgehead atoms. The van der Waals surface area contributed by atoms with Gasteiger partial charge in [-0.15, -0.1) is 0 Å². The molecule has 1 N–H and O–H groups in total. The Kier molecular flexibility index (Phi) is 7.30. The number of hydrogen-bond acceptors (Lipinski definition) is 3. The second kappa shape index (κ2) is 9.46. The summed E-state index contributed by atoms with van der Waals surface area (Å²) in [5.41, 5.74) is 4.04. The molecule has 0 radical (unpaired) electrons. The maximum absolute atomic E-state index is 11.7. The van der Waals surface area contributed by atoms with Gasteiger partial charge in [0.2, 0.25) is 5.91 Å². The number of rotatable bonds is 5. The largest absolute Gasteiger partial charge is 0.368 e. The van der Waals surface area contributed by atoms with E-state index in [0.717, 1.165) is 38.7 Å². The Balaban J connectivity index is 1.96. The highest BCUT2D eigenvalue weighted by Gasteiger charge is 2.21. The Bertz CT molecular complexity index is 633. The molecule has 1 aromatic rings. The highest BCUT2D eigenvalue weighted by molar-refractivity contribution is 5.81. The van der Waals surface area contributed by atoms with Gasteiger partial charge in [0.25, 0.3) is 0 Å². The van der Waals surface area contributed by atoms with Crippen molar-refractivity contribution in [2.45, 2.75) is 27.2 Å². The van der Waals surface area contributed by atoms with Gasteiger partial charge in [-0.05, 0) is 38.0 Å². The molecule has 6 nitrogen and oxygen atoms in total. The first-order valence-electron chi connectivity index (χ1n) is 9.48. The van der Waals surface area contributed by atoms with E-state index >= 15 is 0 Å². The highest BCUT2D eigenvalue weighted by atomic mass is 16.2. The van der Waals surface area contributed by atoms with E-state index < -0.39 is 0 Å². The van der Waals surface area contributed by atoms with Crippen LogP contribution in [-0.2, 0) is 4.79 Å². The fourth-order valence-electron chi connectivity index (χ4n) is 3.14. The highest BCUT2D eigenvalue weighted by Crippen LogP contribution is 2.23. The van der Waals surface area contributed by atoms with Crippen molar-refractivity contribution >= 4 is 17.6 Å². The van der Waals surface area contributed by atoms with Crippen LogP contribution in [0.5, 0.6) is 0 Å². The van der Waals surface area contributed by atoms with Gasteiger partial charge in [-0.2, -0.15) is 0 Å². The van der Waals surface area contributed by atoms with Crippen LogP contribution in [0.4, 0.5) is 5.69 Å². The minimum Gasteiger partial charge on any atom is -0.368 e. The van der Waals surface area contributed by atoms with Gasteiger partial charge in [0, 0.05) is 58.9 Å². The number of aryl methyl sites for hydroxylation is 1. The van der Waals surface area contributed by atoms with Crippen molar-refractivity contribution in [3.05, 3.63) is 29.3 Å². The molecule has 1 saturated heterocycles. The Labute approximate surface area is 157 Å². The third kappa shape index (κ3) is 5.13. The van der Waals surface area contributed by atoms with Crippen molar-refractivity contribution in [2.24, 2.45) is 4.99 Å². The summed E-state index contributed by atoms with van der Waals surface area (Å²) in [5, 5.41) is 3.36. The van der Waals surface area contributed by atoms with Crippen LogP contribution in [0, 0.1) is 13.8 Å². The van der Waals surface area contributed by atoms with Crippen LogP contribution in [-0.4, -0.2) is 75.0 Å². The molecule has 144 valence electrons. The first-order chi connectivity index (χ1) is 12.4. The van der Waals surface area contributed by atoms with Gasteiger partial charge in [0.05, 0.1) is 6.54 Å². The monoisotopic (exact) mass is 359 g/mol. The third-order valence-corrected chi connectivity index (χ3v) is 4.92. The Morgan fingerprint density at radius 1 is 1.19 bits per heavy atom. The maximum Gasteiger partial charge on any atom is 0.223 e. The lowest BCUT2D eigenvalue weighted by molar-refractivity contribution is -0.128. The SMILES string of the molecule is CCNC(=NCCC(=O)N(C)C)N1CCN(c2cccc(C)c2C)CC1. The number of guanidine groups is 1. The molecule has 1 heterocycles. The Hall–Kier alpha value is -2.24. The van der Waals surface area contributed by atoms with E-state index in [1.165, 1.54) is 16.8 Å². The van der Waals surface area contributed by atoms with Crippen LogP contribution in [0.1, 0.15) is 24.5 Å². The zero-order valence-corrected chi connectivity index (χ0v) is 16.9. The van der Waals surface area contributed by atoms with E-state index in [4.69, 9.17) is 0 Å². The van der Waals surface area contributed by atoms with Gasteiger partial charge in [-0.1, -0.05) is 12.1 Å². The fourth-order valence-corrected chi connectivity index (χ4v) is 3.14. The van der Waals surface area contributed by atoms with Gasteiger partial charge in [0.15, 0.2) is 5.96 Å². The lowest BCUT2D eigenvalue weighted by Crippen LogP contribution is -2.52. The number of nitrogens with zero attached hydrogens (tertiary/aromatic N) is 4. The van der Waals surface area contributed by atoms with E-state index in [2.05, 4.69) is 59.1 Å². The number of amides is 1. The minimum absolute atomic E-state index is 0.115. The molecule has 1 aliphatic heterocycles. The number of nitrogens with one attached hydrogen (secondary N) is 1. The summed E-state index contributed by atoms with van der Waals surface area (Å²) in [6, 6.07) is 6.52. The lowest BCUT2D eigenvalue weighted by atomic mass is 10.1. The van der Waals surface area contributed by atoms with Crippen LogP contribution in [0.25, 0.3) is 0 Å². The van der Waals surface area contributed by atoms with E-state index in [1.807, 2.05) is 0 Å². The molecule has 0 spiro atoms. The number of carbonyl (C=O) groups excluding carboxylic acids is 1. The smallest absolute Gasteiger partial charge is 0.223 e. The number of carbonyl (C=O) groups is 1. The molecule has 2 rings (SSSR count). The van der Waals surface area contributed by atoms with E-state index in [9.17, 15) is 4.79 Å². The molecular formula is C20H33N5O. The van der Waals surface area contributed by atoms with Gasteiger partial charge < -0.3 is 20.0 Å². The van der Waals surface area contributed by atoms with Crippen molar-refractivity contribution in [1.82, 2.24) is 15.1 Å². The molecule has 6 heteroatoms. The summed E-state index contributed by atoms with van der Waals surface area (Å²) >= 11 is 0. The standard InChI is InChI=1S/C20H33N5O/c1-6-21-20(22-11-10-19(26)23(4)5)25-14-12-24(13-15-25)18-9-7-8-16(2)17(18)3/h7-9H,6,10-15H2,1-5H3,(H,21,22). The van der Waals surface area contributed by atoms with Gasteiger partial charge >= 0.3 is 0 Å². The number of anilines is 1. The Morgan fingerprint density at radius 2 is 1.88 bits per heavy atom. The summed E-state index contributed by atoms with van der Waals surface area (Å²) < 4.78 is 0. The molecule has 1 aliphatic rings. The average molecular weight is 360 g/mol. The molecule has 0 saturated carbocycles. The number of hydrogen-bond donors (Lipinski definition) is 1. The summed E-state index contributed by atoms with van der Waals surface area (Å²) in [6.07, 6.45) is 0.449. The van der Waals surface area contributed by atoms with Crippen molar-refractivity contribution in [3.63, 3.8) is 0 Å². The molecular weight excluding hydrogens is 326 g/mol. The normalized spacial score (nSPS) is 15.2. The maximum atomic E-state index is 11.7. The van der Waals surface area contributed by atoms with Crippen molar-refractivity contribution < 1.29 is 4.79 Å². The van der Waals surface area contributed by atoms with Crippen molar-refractivity contribution in [1.29, 1.82) is 0 Å². The third-order valence-electron chi connectivity index (χ3n) is 4.92.